The molecule has 1 aliphatic heterocycles. The summed E-state index contributed by atoms with van der Waals surface area (Å²) in [6, 6.07) is 0. The van der Waals surface area contributed by atoms with Gasteiger partial charge in [0.05, 0.1) is 11.0 Å². The number of hydrogen-bond donors (Lipinski definition) is 2. The largest absolute Gasteiger partial charge is 0.478 e. The Bertz CT molecular complexity index is 492. The van der Waals surface area contributed by atoms with Crippen LogP contribution in [0, 0.1) is 5.41 Å². The van der Waals surface area contributed by atoms with E-state index in [1.54, 1.807) is 0 Å². The number of carboxylic acid groups (broad SMARTS) is 2. The Morgan fingerprint density at radius 3 is 2.00 bits per heavy atom. The molecule has 0 saturated heterocycles. The predicted molar refractivity (Wildman–Crippen MR) is 53.8 cm³/mol. The molecule has 1 heterocycles. The highest BCUT2D eigenvalue weighted by molar-refractivity contribution is 6.11. The number of aliphatic carboxylic acids is 2. The zero-order chi connectivity index (χ0) is 15.2. The minimum absolute atomic E-state index is 0.0498. The fraction of sp³-hybridized carbons (Fsp3) is 0.500. The first-order valence-electron chi connectivity index (χ1n) is 4.99. The van der Waals surface area contributed by atoms with Crippen molar-refractivity contribution in [1.29, 1.82) is 0 Å². The predicted octanol–water partition coefficient (Wildman–Crippen LogP) is 0.840. The Morgan fingerprint density at radius 1 is 1.21 bits per heavy atom. The second kappa shape index (κ2) is 4.25. The molecule has 19 heavy (non-hydrogen) atoms. The maximum absolute atomic E-state index is 12.3. The minimum Gasteiger partial charge on any atom is -0.478 e. The van der Waals surface area contributed by atoms with Gasteiger partial charge in [0.2, 0.25) is 5.91 Å². The van der Waals surface area contributed by atoms with Crippen LogP contribution in [0.5, 0.6) is 0 Å². The molecule has 106 valence electrons. The third-order valence-corrected chi connectivity index (χ3v) is 2.67. The van der Waals surface area contributed by atoms with Crippen LogP contribution in [0.2, 0.25) is 0 Å². The van der Waals surface area contributed by atoms with Crippen LogP contribution in [0.3, 0.4) is 0 Å². The van der Waals surface area contributed by atoms with Gasteiger partial charge in [-0.05, 0) is 13.8 Å². The molecule has 0 unspecified atom stereocenters. The van der Waals surface area contributed by atoms with Crippen LogP contribution < -0.4 is 0 Å². The highest BCUT2D eigenvalue weighted by atomic mass is 19.4. The molecule has 9 heteroatoms. The van der Waals surface area contributed by atoms with Crippen LogP contribution in [0.15, 0.2) is 11.3 Å². The number of hydrogen-bond acceptors (Lipinski definition) is 3. The average molecular weight is 281 g/mol. The molecule has 1 aliphatic rings. The van der Waals surface area contributed by atoms with E-state index in [2.05, 4.69) is 0 Å². The van der Waals surface area contributed by atoms with Crippen molar-refractivity contribution in [3.8, 4) is 0 Å². The zero-order valence-corrected chi connectivity index (χ0v) is 9.91. The molecule has 1 rings (SSSR count). The second-order valence-electron chi connectivity index (χ2n) is 4.47. The summed E-state index contributed by atoms with van der Waals surface area (Å²) in [5.41, 5.74) is -3.82. The number of nitrogens with zero attached hydrogens (tertiary/aromatic N) is 1. The highest BCUT2D eigenvalue weighted by Gasteiger charge is 2.53. The van der Waals surface area contributed by atoms with Gasteiger partial charge in [0.25, 0.3) is 0 Å². The molecule has 0 aromatic carbocycles. The molecule has 0 spiro atoms. The van der Waals surface area contributed by atoms with E-state index >= 15 is 0 Å². The quantitative estimate of drug-likeness (QED) is 0.799. The number of halogens is 3. The van der Waals surface area contributed by atoms with E-state index < -0.39 is 47.3 Å². The Hall–Kier alpha value is -2.06. The van der Waals surface area contributed by atoms with E-state index in [0.717, 1.165) is 13.8 Å². The standard InChI is InChI=1S/C10H10F3NO5/c1-9(2)4(6(15)16)5(7(17)18)14(8(9)19)3-10(11,12)13/h3H2,1-2H3,(H,15,16)(H,17,18). The van der Waals surface area contributed by atoms with Crippen molar-refractivity contribution < 1.29 is 37.8 Å². The van der Waals surface area contributed by atoms with Gasteiger partial charge in [0, 0.05) is 0 Å². The van der Waals surface area contributed by atoms with Gasteiger partial charge in [0.1, 0.15) is 12.2 Å². The lowest BCUT2D eigenvalue weighted by atomic mass is 9.85. The molecule has 2 N–H and O–H groups in total. The van der Waals surface area contributed by atoms with Gasteiger partial charge in [-0.25, -0.2) is 9.59 Å². The first-order valence-corrected chi connectivity index (χ1v) is 4.99. The monoisotopic (exact) mass is 281 g/mol. The van der Waals surface area contributed by atoms with Crippen LogP contribution >= 0.6 is 0 Å². The molecule has 0 aromatic rings. The van der Waals surface area contributed by atoms with Gasteiger partial charge < -0.3 is 10.2 Å². The summed E-state index contributed by atoms with van der Waals surface area (Å²) in [5, 5.41) is 17.8. The summed E-state index contributed by atoms with van der Waals surface area (Å²) in [4.78, 5) is 33.7. The first-order chi connectivity index (χ1) is 8.39. The van der Waals surface area contributed by atoms with E-state index in [9.17, 15) is 27.6 Å². The molecule has 0 radical (unpaired) electrons. The summed E-state index contributed by atoms with van der Waals surface area (Å²) < 4.78 is 37.0. The Balaban J connectivity index is 3.44. The van der Waals surface area contributed by atoms with Crippen molar-refractivity contribution in [2.24, 2.45) is 5.41 Å². The van der Waals surface area contributed by atoms with Gasteiger partial charge in [-0.2, -0.15) is 13.2 Å². The average Bonchev–Trinajstić information content (AvgIpc) is 2.36. The van der Waals surface area contributed by atoms with Crippen LogP contribution in [-0.2, 0) is 14.4 Å². The number of carboxylic acids is 2. The van der Waals surface area contributed by atoms with Gasteiger partial charge in [-0.1, -0.05) is 0 Å². The fourth-order valence-corrected chi connectivity index (χ4v) is 1.90. The summed E-state index contributed by atoms with van der Waals surface area (Å²) in [7, 11) is 0. The summed E-state index contributed by atoms with van der Waals surface area (Å²) in [6.45, 7) is 0.296. The topological polar surface area (TPSA) is 94.9 Å². The van der Waals surface area contributed by atoms with Gasteiger partial charge in [-0.3, -0.25) is 9.69 Å². The molecule has 0 atom stereocenters. The summed E-state index contributed by atoms with van der Waals surface area (Å²) in [6.07, 6.45) is -4.83. The molecule has 6 nitrogen and oxygen atoms in total. The Morgan fingerprint density at radius 2 is 1.68 bits per heavy atom. The molecular formula is C10H10F3NO5. The van der Waals surface area contributed by atoms with Crippen molar-refractivity contribution in [2.75, 3.05) is 6.54 Å². The highest BCUT2D eigenvalue weighted by Crippen LogP contribution is 2.41. The number of amides is 1. The van der Waals surface area contributed by atoms with Crippen LogP contribution in [-0.4, -0.2) is 45.7 Å². The third kappa shape index (κ3) is 2.54. The lowest BCUT2D eigenvalue weighted by Crippen LogP contribution is -2.40. The molecule has 1 amide bonds. The molecule has 0 fully saturated rings. The van der Waals surface area contributed by atoms with Crippen LogP contribution in [0.1, 0.15) is 13.8 Å². The zero-order valence-electron chi connectivity index (χ0n) is 9.91. The lowest BCUT2D eigenvalue weighted by Gasteiger charge is -2.22. The van der Waals surface area contributed by atoms with E-state index in [1.807, 2.05) is 0 Å². The van der Waals surface area contributed by atoms with Gasteiger partial charge in [0.15, 0.2) is 0 Å². The van der Waals surface area contributed by atoms with Crippen molar-refractivity contribution in [3.05, 3.63) is 11.3 Å². The SMILES string of the molecule is CC1(C)C(=O)N(CC(F)(F)F)C(C(=O)O)=C1C(=O)O. The lowest BCUT2D eigenvalue weighted by molar-refractivity contribution is -0.161. The van der Waals surface area contributed by atoms with Crippen molar-refractivity contribution in [3.63, 3.8) is 0 Å². The second-order valence-corrected chi connectivity index (χ2v) is 4.47. The number of rotatable bonds is 3. The fourth-order valence-electron chi connectivity index (χ4n) is 1.90. The Labute approximate surface area is 105 Å². The maximum Gasteiger partial charge on any atom is 0.406 e. The molecular weight excluding hydrogens is 271 g/mol. The number of carbonyl (C=O) groups excluding carboxylic acids is 1. The number of carbonyl (C=O) groups is 3. The van der Waals surface area contributed by atoms with Crippen LogP contribution in [0.4, 0.5) is 13.2 Å². The third-order valence-electron chi connectivity index (χ3n) is 2.67. The molecule has 0 aliphatic carbocycles. The van der Waals surface area contributed by atoms with Gasteiger partial charge in [-0.15, -0.1) is 0 Å². The number of alkyl halides is 3. The first kappa shape index (κ1) is 15.0. The molecule has 0 saturated carbocycles. The van der Waals surface area contributed by atoms with Crippen molar-refractivity contribution in [2.45, 2.75) is 20.0 Å². The molecule has 0 aromatic heterocycles. The summed E-state index contributed by atoms with van der Waals surface area (Å²) in [5.74, 6) is -4.83. The van der Waals surface area contributed by atoms with Crippen molar-refractivity contribution >= 4 is 17.8 Å². The smallest absolute Gasteiger partial charge is 0.406 e. The van der Waals surface area contributed by atoms with Crippen molar-refractivity contribution in [1.82, 2.24) is 4.90 Å². The van der Waals surface area contributed by atoms with E-state index in [0.29, 0.717) is 0 Å². The minimum atomic E-state index is -4.83. The maximum atomic E-state index is 12.3. The normalized spacial score (nSPS) is 19.0. The summed E-state index contributed by atoms with van der Waals surface area (Å²) >= 11 is 0. The van der Waals surface area contributed by atoms with E-state index in [4.69, 9.17) is 10.2 Å². The van der Waals surface area contributed by atoms with Gasteiger partial charge >= 0.3 is 18.1 Å². The Kier molecular flexibility index (Phi) is 3.35. The van der Waals surface area contributed by atoms with E-state index in [-0.39, 0.29) is 4.90 Å². The molecule has 0 bridgehead atoms. The van der Waals surface area contributed by atoms with Crippen LogP contribution in [0.25, 0.3) is 0 Å². The van der Waals surface area contributed by atoms with E-state index in [1.165, 1.54) is 0 Å².